The van der Waals surface area contributed by atoms with Crippen LogP contribution in [0.1, 0.15) is 17.7 Å². The number of fused-ring (bicyclic) bond motifs is 1. The molecule has 1 aromatic heterocycles. The van der Waals surface area contributed by atoms with Crippen LogP contribution in [0.15, 0.2) is 46.8 Å². The summed E-state index contributed by atoms with van der Waals surface area (Å²) in [6.07, 6.45) is 2.34. The van der Waals surface area contributed by atoms with E-state index in [9.17, 15) is 4.79 Å². The lowest BCUT2D eigenvalue weighted by molar-refractivity contribution is -0.131. The van der Waals surface area contributed by atoms with Crippen molar-refractivity contribution < 1.29 is 9.53 Å². The molecule has 6 nitrogen and oxygen atoms in total. The molecule has 1 spiro atoms. The van der Waals surface area contributed by atoms with Gasteiger partial charge in [-0.2, -0.15) is 0 Å². The second kappa shape index (κ2) is 8.32. The third kappa shape index (κ3) is 3.91. The number of methoxy groups -OCH3 is 1. The first kappa shape index (κ1) is 19.0. The number of hydrogen-bond donors (Lipinski definition) is 2. The Morgan fingerprint density at radius 3 is 2.93 bits per heavy atom. The number of likely N-dealkylation sites (tertiary alicyclic amines) is 1. The lowest BCUT2D eigenvalue weighted by atomic mass is 9.85. The van der Waals surface area contributed by atoms with Gasteiger partial charge in [0.1, 0.15) is 11.4 Å². The summed E-state index contributed by atoms with van der Waals surface area (Å²) in [4.78, 5) is 20.8. The summed E-state index contributed by atoms with van der Waals surface area (Å²) in [5.74, 6) is 1.08. The number of amidine groups is 1. The Kier molecular flexibility index (Phi) is 5.64. The molecule has 0 bridgehead atoms. The van der Waals surface area contributed by atoms with Crippen LogP contribution >= 0.6 is 11.3 Å². The number of nitrogens with one attached hydrogen (secondary N) is 2. The summed E-state index contributed by atoms with van der Waals surface area (Å²) >= 11 is 1.63. The normalized spacial score (nSPS) is 22.6. The smallest absolute Gasteiger partial charge is 0.227 e. The van der Waals surface area contributed by atoms with E-state index >= 15 is 0 Å². The first-order valence-electron chi connectivity index (χ1n) is 9.68. The van der Waals surface area contributed by atoms with Crippen LogP contribution in [-0.4, -0.2) is 55.5 Å². The maximum Gasteiger partial charge on any atom is 0.227 e. The Bertz CT molecular complexity index is 852. The van der Waals surface area contributed by atoms with Gasteiger partial charge in [-0.15, -0.1) is 11.3 Å². The summed E-state index contributed by atoms with van der Waals surface area (Å²) in [6.45, 7) is 2.57. The van der Waals surface area contributed by atoms with Crippen molar-refractivity contribution in [2.24, 2.45) is 4.99 Å². The SMILES string of the molecule is COCCN=C1Nc2ccccc2N[C@@]12CCCN(C(=O)Cc1cccs1)C2. The van der Waals surface area contributed by atoms with Crippen molar-refractivity contribution >= 4 is 34.5 Å². The highest BCUT2D eigenvalue weighted by Crippen LogP contribution is 2.36. The number of para-hydroxylation sites is 2. The number of nitrogens with zero attached hydrogens (tertiary/aromatic N) is 2. The average Bonchev–Trinajstić information content (AvgIpc) is 3.22. The predicted octanol–water partition coefficient (Wildman–Crippen LogP) is 3.23. The van der Waals surface area contributed by atoms with E-state index in [1.54, 1.807) is 18.4 Å². The molecule has 3 heterocycles. The third-order valence-electron chi connectivity index (χ3n) is 5.32. The van der Waals surface area contributed by atoms with Gasteiger partial charge in [-0.25, -0.2) is 0 Å². The fourth-order valence-corrected chi connectivity index (χ4v) is 4.64. The zero-order valence-corrected chi connectivity index (χ0v) is 16.9. The van der Waals surface area contributed by atoms with Gasteiger partial charge in [-0.1, -0.05) is 18.2 Å². The average molecular weight is 399 g/mol. The standard InChI is InChI=1S/C21H26N4O2S/c1-27-12-10-22-20-21(24-18-8-3-2-7-17(18)23-20)9-5-11-25(15-21)19(26)14-16-6-4-13-28-16/h2-4,6-8,13,24H,5,9-12,14-15H2,1H3,(H,22,23)/t21-/m1/s1. The number of rotatable bonds is 5. The van der Waals surface area contributed by atoms with Crippen LogP contribution in [0.25, 0.3) is 0 Å². The number of hydrogen-bond acceptors (Lipinski definition) is 5. The summed E-state index contributed by atoms with van der Waals surface area (Å²) in [6, 6.07) is 12.2. The number of carbonyl (C=O) groups is 1. The fourth-order valence-electron chi connectivity index (χ4n) is 3.94. The Morgan fingerprint density at radius 2 is 2.14 bits per heavy atom. The van der Waals surface area contributed by atoms with Crippen LogP contribution in [0.3, 0.4) is 0 Å². The Hall–Kier alpha value is -2.38. The molecule has 1 aromatic carbocycles. The number of aliphatic imine (C=N–C) groups is 1. The second-order valence-electron chi connectivity index (χ2n) is 7.28. The van der Waals surface area contributed by atoms with Crippen molar-refractivity contribution in [3.05, 3.63) is 46.7 Å². The second-order valence-corrected chi connectivity index (χ2v) is 8.31. The number of amides is 1. The maximum atomic E-state index is 12.9. The van der Waals surface area contributed by atoms with Crippen LogP contribution in [0, 0.1) is 0 Å². The minimum absolute atomic E-state index is 0.179. The van der Waals surface area contributed by atoms with E-state index in [0.29, 0.717) is 26.1 Å². The number of piperidine rings is 1. The van der Waals surface area contributed by atoms with Crippen molar-refractivity contribution in [3.63, 3.8) is 0 Å². The molecule has 2 aromatic rings. The molecule has 1 amide bonds. The molecular weight excluding hydrogens is 372 g/mol. The van der Waals surface area contributed by atoms with Crippen molar-refractivity contribution in [2.45, 2.75) is 24.8 Å². The molecule has 0 aliphatic carbocycles. The molecule has 1 atom stereocenters. The lowest BCUT2D eigenvalue weighted by Crippen LogP contribution is -2.62. The van der Waals surface area contributed by atoms with E-state index in [0.717, 1.165) is 41.5 Å². The Balaban J connectivity index is 1.58. The highest BCUT2D eigenvalue weighted by Gasteiger charge is 2.44. The van der Waals surface area contributed by atoms with Gasteiger partial charge in [0.05, 0.1) is 37.5 Å². The molecule has 4 rings (SSSR count). The minimum Gasteiger partial charge on any atom is -0.383 e. The quantitative estimate of drug-likeness (QED) is 0.759. The number of ether oxygens (including phenoxy) is 1. The zero-order valence-electron chi connectivity index (χ0n) is 16.1. The Labute approximate surface area is 169 Å². The van der Waals surface area contributed by atoms with Gasteiger partial charge in [-0.05, 0) is 36.4 Å². The first-order chi connectivity index (χ1) is 13.7. The zero-order chi connectivity index (χ0) is 19.4. The van der Waals surface area contributed by atoms with Gasteiger partial charge < -0.3 is 20.3 Å². The molecule has 2 aliphatic rings. The number of thiophene rings is 1. The van der Waals surface area contributed by atoms with E-state index in [2.05, 4.69) is 16.7 Å². The maximum absolute atomic E-state index is 12.9. The molecular formula is C21H26N4O2S. The van der Waals surface area contributed by atoms with E-state index in [-0.39, 0.29) is 11.4 Å². The van der Waals surface area contributed by atoms with Gasteiger partial charge >= 0.3 is 0 Å². The third-order valence-corrected chi connectivity index (χ3v) is 6.20. The molecule has 148 valence electrons. The largest absolute Gasteiger partial charge is 0.383 e. The molecule has 0 unspecified atom stereocenters. The van der Waals surface area contributed by atoms with E-state index in [1.807, 2.05) is 40.6 Å². The molecule has 28 heavy (non-hydrogen) atoms. The lowest BCUT2D eigenvalue weighted by Gasteiger charge is -2.47. The molecule has 1 fully saturated rings. The van der Waals surface area contributed by atoms with E-state index < -0.39 is 0 Å². The molecule has 0 saturated carbocycles. The summed E-state index contributed by atoms with van der Waals surface area (Å²) in [5.41, 5.74) is 1.69. The number of anilines is 2. The van der Waals surface area contributed by atoms with Gasteiger partial charge in [0.2, 0.25) is 5.91 Å². The van der Waals surface area contributed by atoms with Gasteiger partial charge in [0, 0.05) is 18.5 Å². The Morgan fingerprint density at radius 1 is 1.29 bits per heavy atom. The minimum atomic E-state index is -0.383. The highest BCUT2D eigenvalue weighted by molar-refractivity contribution is 7.10. The fraction of sp³-hybridized carbons (Fsp3) is 0.429. The molecule has 2 N–H and O–H groups in total. The van der Waals surface area contributed by atoms with Gasteiger partial charge in [0.25, 0.3) is 0 Å². The molecule has 2 aliphatic heterocycles. The van der Waals surface area contributed by atoms with Crippen LogP contribution in [-0.2, 0) is 16.0 Å². The molecule has 1 saturated heterocycles. The molecule has 0 radical (unpaired) electrons. The monoisotopic (exact) mass is 398 g/mol. The molecule has 7 heteroatoms. The van der Waals surface area contributed by atoms with Crippen molar-refractivity contribution in [1.82, 2.24) is 4.90 Å². The highest BCUT2D eigenvalue weighted by atomic mass is 32.1. The summed E-state index contributed by atoms with van der Waals surface area (Å²) < 4.78 is 5.18. The van der Waals surface area contributed by atoms with Crippen LogP contribution in [0.4, 0.5) is 11.4 Å². The van der Waals surface area contributed by atoms with Crippen molar-refractivity contribution in [3.8, 4) is 0 Å². The number of carbonyl (C=O) groups excluding carboxylic acids is 1. The first-order valence-corrected chi connectivity index (χ1v) is 10.6. The van der Waals surface area contributed by atoms with Crippen LogP contribution in [0.5, 0.6) is 0 Å². The van der Waals surface area contributed by atoms with Crippen molar-refractivity contribution in [2.75, 3.05) is 44.0 Å². The number of benzene rings is 1. The topological polar surface area (TPSA) is 66.0 Å². The summed E-state index contributed by atoms with van der Waals surface area (Å²) in [5, 5.41) is 9.24. The van der Waals surface area contributed by atoms with Crippen molar-refractivity contribution in [1.29, 1.82) is 0 Å². The van der Waals surface area contributed by atoms with Crippen LogP contribution in [0.2, 0.25) is 0 Å². The van der Waals surface area contributed by atoms with Crippen LogP contribution < -0.4 is 10.6 Å². The predicted molar refractivity (Wildman–Crippen MR) is 114 cm³/mol. The van der Waals surface area contributed by atoms with Gasteiger partial charge in [-0.3, -0.25) is 9.79 Å². The van der Waals surface area contributed by atoms with Gasteiger partial charge in [0.15, 0.2) is 0 Å². The summed E-state index contributed by atoms with van der Waals surface area (Å²) in [7, 11) is 1.68. The van der Waals surface area contributed by atoms with E-state index in [4.69, 9.17) is 9.73 Å². The van der Waals surface area contributed by atoms with E-state index in [1.165, 1.54) is 0 Å².